The summed E-state index contributed by atoms with van der Waals surface area (Å²) in [5.41, 5.74) is 6.19. The molecule has 3 aromatic rings. The second-order valence-corrected chi connectivity index (χ2v) is 8.14. The van der Waals surface area contributed by atoms with Gasteiger partial charge in [-0.1, -0.05) is 44.2 Å². The molecule has 5 nitrogen and oxygen atoms in total. The molecule has 146 valence electrons. The zero-order chi connectivity index (χ0) is 19.7. The van der Waals surface area contributed by atoms with Gasteiger partial charge in [-0.05, 0) is 47.1 Å². The van der Waals surface area contributed by atoms with Crippen LogP contribution in [0.1, 0.15) is 48.6 Å². The minimum absolute atomic E-state index is 0.170. The molecule has 0 radical (unpaired) electrons. The maximum atomic E-state index is 10.8. The minimum Gasteiger partial charge on any atom is -0.481 e. The highest BCUT2D eigenvalue weighted by molar-refractivity contribution is 5.83. The van der Waals surface area contributed by atoms with Gasteiger partial charge in [-0.15, -0.1) is 0 Å². The van der Waals surface area contributed by atoms with Crippen molar-refractivity contribution in [3.8, 4) is 0 Å². The van der Waals surface area contributed by atoms with Gasteiger partial charge in [0, 0.05) is 24.9 Å². The number of aryl methyl sites for hydroxylation is 1. The summed E-state index contributed by atoms with van der Waals surface area (Å²) in [6, 6.07) is 13.1. The maximum absolute atomic E-state index is 10.8. The molecule has 2 heterocycles. The number of nitrogens with zero attached hydrogens (tertiary/aromatic N) is 2. The van der Waals surface area contributed by atoms with Gasteiger partial charge in [-0.2, -0.15) is 5.10 Å². The molecule has 0 unspecified atom stereocenters. The molecule has 0 spiro atoms. The first-order chi connectivity index (χ1) is 13.5. The van der Waals surface area contributed by atoms with Gasteiger partial charge in [0.25, 0.3) is 0 Å². The van der Waals surface area contributed by atoms with Crippen LogP contribution in [-0.2, 0) is 17.6 Å². The van der Waals surface area contributed by atoms with E-state index in [2.05, 4.69) is 65.3 Å². The largest absolute Gasteiger partial charge is 0.481 e. The van der Waals surface area contributed by atoms with E-state index in [-0.39, 0.29) is 12.5 Å². The van der Waals surface area contributed by atoms with Gasteiger partial charge in [0.1, 0.15) is 0 Å². The highest BCUT2D eigenvalue weighted by Crippen LogP contribution is 2.38. The Balaban J connectivity index is 1.72. The van der Waals surface area contributed by atoms with Crippen LogP contribution >= 0.6 is 0 Å². The number of hydrogen-bond acceptors (Lipinski definition) is 3. The van der Waals surface area contributed by atoms with Crippen molar-refractivity contribution < 1.29 is 9.90 Å². The zero-order valence-corrected chi connectivity index (χ0v) is 16.5. The second-order valence-electron chi connectivity index (χ2n) is 8.14. The van der Waals surface area contributed by atoms with Crippen LogP contribution in [0.3, 0.4) is 0 Å². The van der Waals surface area contributed by atoms with Gasteiger partial charge in [0.05, 0.1) is 17.8 Å². The molecule has 4 rings (SSSR count). The molecular formula is C23H27N3O2. The summed E-state index contributed by atoms with van der Waals surface area (Å²) in [7, 11) is 0. The average Bonchev–Trinajstić information content (AvgIpc) is 3.15. The molecule has 0 fully saturated rings. The molecule has 1 aliphatic rings. The number of benzene rings is 2. The minimum atomic E-state index is -0.752. The van der Waals surface area contributed by atoms with Gasteiger partial charge in [-0.25, -0.2) is 0 Å². The number of H-pyrrole nitrogens is 1. The van der Waals surface area contributed by atoms with Gasteiger partial charge < -0.3 is 5.11 Å². The third-order valence-corrected chi connectivity index (χ3v) is 5.60. The third kappa shape index (κ3) is 3.67. The highest BCUT2D eigenvalue weighted by atomic mass is 16.4. The van der Waals surface area contributed by atoms with Crippen molar-refractivity contribution in [3.05, 3.63) is 64.8 Å². The number of carbonyl (C=O) groups is 1. The maximum Gasteiger partial charge on any atom is 0.303 e. The first kappa shape index (κ1) is 18.7. The quantitative estimate of drug-likeness (QED) is 0.676. The number of aromatic amines is 1. The average molecular weight is 377 g/mol. The number of fused-ring (bicyclic) bond motifs is 3. The number of nitrogens with one attached hydrogen (secondary N) is 1. The predicted molar refractivity (Wildman–Crippen MR) is 110 cm³/mol. The van der Waals surface area contributed by atoms with Crippen LogP contribution in [0, 0.1) is 5.92 Å². The van der Waals surface area contributed by atoms with E-state index in [1.165, 1.54) is 22.1 Å². The lowest BCUT2D eigenvalue weighted by atomic mass is 9.85. The van der Waals surface area contributed by atoms with Crippen molar-refractivity contribution >= 4 is 16.9 Å². The van der Waals surface area contributed by atoms with E-state index in [9.17, 15) is 4.79 Å². The molecule has 0 saturated heterocycles. The lowest BCUT2D eigenvalue weighted by Crippen LogP contribution is -2.38. The molecule has 1 atom stereocenters. The van der Waals surface area contributed by atoms with Crippen molar-refractivity contribution in [2.24, 2.45) is 5.92 Å². The van der Waals surface area contributed by atoms with Crippen molar-refractivity contribution in [3.63, 3.8) is 0 Å². The van der Waals surface area contributed by atoms with E-state index < -0.39 is 5.97 Å². The first-order valence-electron chi connectivity index (χ1n) is 10.0. The van der Waals surface area contributed by atoms with Gasteiger partial charge in [-0.3, -0.25) is 14.8 Å². The molecule has 5 heteroatoms. The number of rotatable bonds is 6. The molecular weight excluding hydrogens is 350 g/mol. The lowest BCUT2D eigenvalue weighted by Gasteiger charge is -2.39. The van der Waals surface area contributed by atoms with E-state index >= 15 is 0 Å². The molecule has 0 bridgehead atoms. The smallest absolute Gasteiger partial charge is 0.303 e. The third-order valence-electron chi connectivity index (χ3n) is 5.60. The monoisotopic (exact) mass is 377 g/mol. The van der Waals surface area contributed by atoms with E-state index in [1.807, 2.05) is 6.20 Å². The summed E-state index contributed by atoms with van der Waals surface area (Å²) < 4.78 is 0. The highest BCUT2D eigenvalue weighted by Gasteiger charge is 2.30. The van der Waals surface area contributed by atoms with Crippen molar-refractivity contribution in [1.82, 2.24) is 15.1 Å². The van der Waals surface area contributed by atoms with Crippen LogP contribution in [0.4, 0.5) is 0 Å². The molecule has 1 aliphatic heterocycles. The number of carboxylic acid groups (broad SMARTS) is 1. The molecule has 2 N–H and O–H groups in total. The van der Waals surface area contributed by atoms with Crippen LogP contribution in [0.2, 0.25) is 0 Å². The molecule has 28 heavy (non-hydrogen) atoms. The first-order valence-corrected chi connectivity index (χ1v) is 10.0. The van der Waals surface area contributed by atoms with Crippen molar-refractivity contribution in [2.45, 2.75) is 39.2 Å². The summed E-state index contributed by atoms with van der Waals surface area (Å²) in [6.07, 6.45) is 3.72. The Morgan fingerprint density at radius 1 is 1.25 bits per heavy atom. The molecule has 2 aromatic carbocycles. The Bertz CT molecular complexity index is 975. The molecule has 1 aromatic heterocycles. The number of aliphatic carboxylic acids is 1. The zero-order valence-electron chi connectivity index (χ0n) is 16.5. The van der Waals surface area contributed by atoms with Crippen LogP contribution < -0.4 is 0 Å². The van der Waals surface area contributed by atoms with E-state index in [0.717, 1.165) is 30.6 Å². The predicted octanol–water partition coefficient (Wildman–Crippen LogP) is 4.18. The van der Waals surface area contributed by atoms with E-state index in [0.29, 0.717) is 12.3 Å². The van der Waals surface area contributed by atoms with Crippen LogP contribution in [0.15, 0.2) is 42.6 Å². The van der Waals surface area contributed by atoms with E-state index in [4.69, 9.17) is 5.11 Å². The number of hydrogen-bond donors (Lipinski definition) is 2. The number of aromatic nitrogens is 2. The topological polar surface area (TPSA) is 69.2 Å². The normalized spacial score (nSPS) is 17.2. The standard InChI is InChI=1S/C23H27N3O2/c1-15(2)14-26-12-11-18-19(8-9-21-20(18)13-24-25-21)23(26)17-6-3-16(4-7-17)5-10-22(27)28/h3-4,6-9,13,15,23H,5,10-12,14H2,1-2H3,(H,24,25)(H,27,28)/t23-/m1/s1. The Morgan fingerprint density at radius 2 is 2.04 bits per heavy atom. The van der Waals surface area contributed by atoms with Crippen molar-refractivity contribution in [2.75, 3.05) is 13.1 Å². The van der Waals surface area contributed by atoms with Crippen LogP contribution in [0.5, 0.6) is 0 Å². The fraction of sp³-hybridized carbons (Fsp3) is 0.391. The lowest BCUT2D eigenvalue weighted by molar-refractivity contribution is -0.136. The SMILES string of the molecule is CC(C)CN1CCc2c(ccc3[nH]ncc23)[C@H]1c1ccc(CCC(=O)O)cc1. The van der Waals surface area contributed by atoms with Crippen LogP contribution in [-0.4, -0.2) is 39.3 Å². The summed E-state index contributed by atoms with van der Waals surface area (Å²) >= 11 is 0. The Morgan fingerprint density at radius 3 is 2.75 bits per heavy atom. The summed E-state index contributed by atoms with van der Waals surface area (Å²) in [4.78, 5) is 13.4. The Hall–Kier alpha value is -2.66. The fourth-order valence-corrected chi connectivity index (χ4v) is 4.38. The Kier molecular flexibility index (Phi) is 5.18. The van der Waals surface area contributed by atoms with Gasteiger partial charge >= 0.3 is 5.97 Å². The molecule has 0 aliphatic carbocycles. The molecule has 0 saturated carbocycles. The van der Waals surface area contributed by atoms with Crippen molar-refractivity contribution in [1.29, 1.82) is 0 Å². The number of carboxylic acids is 1. The Labute approximate surface area is 165 Å². The van der Waals surface area contributed by atoms with Crippen LogP contribution in [0.25, 0.3) is 10.9 Å². The van der Waals surface area contributed by atoms with Gasteiger partial charge in [0.2, 0.25) is 0 Å². The summed E-state index contributed by atoms with van der Waals surface area (Å²) in [5, 5.41) is 17.5. The summed E-state index contributed by atoms with van der Waals surface area (Å²) in [5.74, 6) is -0.158. The van der Waals surface area contributed by atoms with E-state index in [1.54, 1.807) is 0 Å². The molecule has 0 amide bonds. The van der Waals surface area contributed by atoms with Gasteiger partial charge in [0.15, 0.2) is 0 Å². The summed E-state index contributed by atoms with van der Waals surface area (Å²) in [6.45, 7) is 6.61. The fourth-order valence-electron chi connectivity index (χ4n) is 4.38. The second kappa shape index (κ2) is 7.76.